The average Bonchev–Trinajstić information content (AvgIpc) is 3.21. The van der Waals surface area contributed by atoms with Crippen LogP contribution in [0.2, 0.25) is 5.02 Å². The fraction of sp³-hybridized carbons (Fsp3) is 0.458. The first-order valence-corrected chi connectivity index (χ1v) is 11.8. The van der Waals surface area contributed by atoms with Crippen LogP contribution in [0, 0.1) is 5.82 Å². The van der Waals surface area contributed by atoms with Crippen LogP contribution < -0.4 is 10.7 Å². The molecule has 4 heterocycles. The van der Waals surface area contributed by atoms with Crippen LogP contribution in [0.1, 0.15) is 57.9 Å². The molecule has 5 rings (SSSR count). The summed E-state index contributed by atoms with van der Waals surface area (Å²) < 4.78 is 15.7. The monoisotopic (exact) mass is 490 g/mol. The van der Waals surface area contributed by atoms with Gasteiger partial charge in [0.05, 0.1) is 11.1 Å². The highest BCUT2D eigenvalue weighted by molar-refractivity contribution is 6.30. The number of rotatable bonds is 4. The van der Waals surface area contributed by atoms with Crippen LogP contribution in [0.15, 0.2) is 23.0 Å². The Morgan fingerprint density at radius 1 is 1.29 bits per heavy atom. The van der Waals surface area contributed by atoms with Gasteiger partial charge in [0.25, 0.3) is 11.8 Å². The van der Waals surface area contributed by atoms with Crippen molar-refractivity contribution in [3.8, 4) is 5.75 Å². The Bertz CT molecular complexity index is 1190. The third kappa shape index (κ3) is 4.30. The van der Waals surface area contributed by atoms with Gasteiger partial charge in [-0.25, -0.2) is 4.39 Å². The average molecular weight is 491 g/mol. The normalized spacial score (nSPS) is 18.6. The Hall–Kier alpha value is -2.91. The maximum Gasteiger partial charge on any atom is 0.274 e. The van der Waals surface area contributed by atoms with E-state index in [-0.39, 0.29) is 34.4 Å². The molecule has 1 fully saturated rings. The summed E-state index contributed by atoms with van der Waals surface area (Å²) in [5, 5.41) is 12.9. The molecule has 0 aliphatic carbocycles. The SMILES string of the molecule is CCN1CC2CCc3c(C(=O)NCc4cccc(Cl)c4F)c(=O)c(O)c(n32)C1=O.CN1CCC1. The fourth-order valence-corrected chi connectivity index (χ4v) is 4.80. The minimum atomic E-state index is -0.887. The molecule has 1 saturated heterocycles. The van der Waals surface area contributed by atoms with Crippen molar-refractivity contribution in [1.29, 1.82) is 0 Å². The zero-order chi connectivity index (χ0) is 24.6. The molecule has 8 nitrogen and oxygen atoms in total. The smallest absolute Gasteiger partial charge is 0.274 e. The lowest BCUT2D eigenvalue weighted by Crippen LogP contribution is -2.44. The highest BCUT2D eigenvalue weighted by atomic mass is 35.5. The maximum absolute atomic E-state index is 14.1. The number of hydrogen-bond acceptors (Lipinski definition) is 5. The number of hydrogen-bond donors (Lipinski definition) is 2. The molecular formula is C24H28ClFN4O4. The number of halogens is 2. The van der Waals surface area contributed by atoms with E-state index in [4.69, 9.17) is 11.6 Å². The molecule has 10 heteroatoms. The molecule has 1 aromatic carbocycles. The van der Waals surface area contributed by atoms with Gasteiger partial charge in [-0.05, 0) is 52.4 Å². The predicted molar refractivity (Wildman–Crippen MR) is 126 cm³/mol. The summed E-state index contributed by atoms with van der Waals surface area (Å²) in [6.45, 7) is 5.23. The second-order valence-corrected chi connectivity index (χ2v) is 9.21. The van der Waals surface area contributed by atoms with E-state index in [9.17, 15) is 23.9 Å². The largest absolute Gasteiger partial charge is 0.503 e. The number of likely N-dealkylation sites (N-methyl/N-ethyl adjacent to an activating group) is 1. The fourth-order valence-electron chi connectivity index (χ4n) is 4.60. The molecule has 2 amide bonds. The van der Waals surface area contributed by atoms with Gasteiger partial charge in [-0.15, -0.1) is 0 Å². The zero-order valence-electron chi connectivity index (χ0n) is 19.2. The molecule has 1 atom stereocenters. The van der Waals surface area contributed by atoms with E-state index < -0.39 is 28.8 Å². The van der Waals surface area contributed by atoms with Gasteiger partial charge >= 0.3 is 0 Å². The van der Waals surface area contributed by atoms with Crippen molar-refractivity contribution < 1.29 is 19.1 Å². The lowest BCUT2D eigenvalue weighted by Gasteiger charge is -2.34. The first-order valence-electron chi connectivity index (χ1n) is 11.4. The van der Waals surface area contributed by atoms with Crippen molar-refractivity contribution >= 4 is 23.4 Å². The lowest BCUT2D eigenvalue weighted by atomic mass is 10.1. The Kier molecular flexibility index (Phi) is 6.95. The van der Waals surface area contributed by atoms with Gasteiger partial charge in [0.1, 0.15) is 11.4 Å². The molecule has 182 valence electrons. The molecule has 2 aromatic rings. The van der Waals surface area contributed by atoms with E-state index in [1.54, 1.807) is 15.5 Å². The highest BCUT2D eigenvalue weighted by Crippen LogP contribution is 2.36. The maximum atomic E-state index is 14.1. The van der Waals surface area contributed by atoms with Crippen molar-refractivity contribution in [3.63, 3.8) is 0 Å². The van der Waals surface area contributed by atoms with Crippen molar-refractivity contribution in [2.75, 3.05) is 33.2 Å². The summed E-state index contributed by atoms with van der Waals surface area (Å²) in [4.78, 5) is 42.1. The van der Waals surface area contributed by atoms with E-state index >= 15 is 0 Å². The second-order valence-electron chi connectivity index (χ2n) is 8.81. The Morgan fingerprint density at radius 3 is 2.62 bits per heavy atom. The van der Waals surface area contributed by atoms with E-state index in [0.29, 0.717) is 31.6 Å². The van der Waals surface area contributed by atoms with Crippen LogP contribution in [0.4, 0.5) is 4.39 Å². The Labute approximate surface area is 201 Å². The number of carbonyl (C=O) groups excluding carboxylic acids is 2. The van der Waals surface area contributed by atoms with Crippen LogP contribution in [0.3, 0.4) is 0 Å². The van der Waals surface area contributed by atoms with Crippen LogP contribution in [0.5, 0.6) is 5.75 Å². The minimum Gasteiger partial charge on any atom is -0.503 e. The van der Waals surface area contributed by atoms with E-state index in [2.05, 4.69) is 17.3 Å². The third-order valence-corrected chi connectivity index (χ3v) is 6.94. The van der Waals surface area contributed by atoms with Crippen molar-refractivity contribution in [2.24, 2.45) is 0 Å². The first kappa shape index (κ1) is 24.2. The van der Waals surface area contributed by atoms with Gasteiger partial charge in [-0.1, -0.05) is 23.7 Å². The standard InChI is InChI=1S/C20H19ClFN3O4.C4H9N/c1-2-24-9-11-6-7-13-14(17(26)18(27)16(20(24)29)25(11)13)19(28)23-8-10-4-3-5-12(21)15(10)22;1-5-3-2-4-5/h3-5,11,27H,2,6-9H2,1H3,(H,23,28);2-4H2,1H3. The number of amides is 2. The van der Waals surface area contributed by atoms with Gasteiger partial charge in [-0.2, -0.15) is 0 Å². The third-order valence-electron chi connectivity index (χ3n) is 6.65. The summed E-state index contributed by atoms with van der Waals surface area (Å²) in [6, 6.07) is 4.34. The van der Waals surface area contributed by atoms with Gasteiger partial charge in [-0.3, -0.25) is 14.4 Å². The summed E-state index contributed by atoms with van der Waals surface area (Å²) >= 11 is 5.75. The van der Waals surface area contributed by atoms with Crippen LogP contribution in [-0.2, 0) is 13.0 Å². The number of nitrogens with zero attached hydrogens (tertiary/aromatic N) is 3. The summed E-state index contributed by atoms with van der Waals surface area (Å²) in [7, 11) is 2.14. The molecule has 2 N–H and O–H groups in total. The quantitative estimate of drug-likeness (QED) is 0.687. The highest BCUT2D eigenvalue weighted by Gasteiger charge is 2.40. The molecule has 0 saturated carbocycles. The van der Waals surface area contributed by atoms with Crippen molar-refractivity contribution in [1.82, 2.24) is 19.7 Å². The van der Waals surface area contributed by atoms with E-state index in [1.165, 1.54) is 31.6 Å². The number of benzene rings is 1. The van der Waals surface area contributed by atoms with Gasteiger partial charge in [0, 0.05) is 30.9 Å². The molecule has 34 heavy (non-hydrogen) atoms. The van der Waals surface area contributed by atoms with Crippen molar-refractivity contribution in [2.45, 2.75) is 38.8 Å². The second kappa shape index (κ2) is 9.76. The van der Waals surface area contributed by atoms with Crippen LogP contribution >= 0.6 is 11.6 Å². The van der Waals surface area contributed by atoms with Crippen LogP contribution in [-0.4, -0.2) is 64.5 Å². The molecule has 1 aromatic heterocycles. The number of nitrogens with one attached hydrogen (secondary N) is 1. The Morgan fingerprint density at radius 2 is 2.00 bits per heavy atom. The molecule has 1 unspecified atom stereocenters. The summed E-state index contributed by atoms with van der Waals surface area (Å²) in [5.74, 6) is -2.51. The van der Waals surface area contributed by atoms with Gasteiger partial charge < -0.3 is 24.8 Å². The molecular weight excluding hydrogens is 463 g/mol. The first-order chi connectivity index (χ1) is 16.2. The zero-order valence-corrected chi connectivity index (χ0v) is 20.0. The van der Waals surface area contributed by atoms with Crippen molar-refractivity contribution in [3.05, 3.63) is 61.8 Å². The summed E-state index contributed by atoms with van der Waals surface area (Å²) in [5.41, 5.74) is -0.536. The number of aromatic hydroxyl groups is 1. The molecule has 0 bridgehead atoms. The number of likely N-dealkylation sites (tertiary alicyclic amines) is 1. The Balaban J connectivity index is 0.000000486. The predicted octanol–water partition coefficient (Wildman–Crippen LogP) is 2.56. The number of aromatic nitrogens is 1. The van der Waals surface area contributed by atoms with Gasteiger partial charge in [0.15, 0.2) is 11.4 Å². The van der Waals surface area contributed by atoms with Gasteiger partial charge in [0.2, 0.25) is 5.43 Å². The van der Waals surface area contributed by atoms with Crippen LogP contribution in [0.25, 0.3) is 0 Å². The molecule has 0 radical (unpaired) electrons. The topological polar surface area (TPSA) is 94.9 Å². The van der Waals surface area contributed by atoms with E-state index in [1.807, 2.05) is 6.92 Å². The lowest BCUT2D eigenvalue weighted by molar-refractivity contribution is 0.0676. The molecule has 3 aliphatic heterocycles. The number of carbonyl (C=O) groups is 2. The molecule has 3 aliphatic rings. The number of pyridine rings is 1. The molecule has 0 spiro atoms. The van der Waals surface area contributed by atoms with E-state index in [0.717, 1.165) is 0 Å². The minimum absolute atomic E-state index is 0.0574. The summed E-state index contributed by atoms with van der Waals surface area (Å²) in [6.07, 6.45) is 2.51.